The van der Waals surface area contributed by atoms with Crippen molar-refractivity contribution in [1.29, 1.82) is 0 Å². The number of hydrogen-bond donors (Lipinski definition) is 0. The van der Waals surface area contributed by atoms with Crippen LogP contribution in [0, 0.1) is 0 Å². The van der Waals surface area contributed by atoms with E-state index < -0.39 is 28.3 Å². The topological polar surface area (TPSA) is 0 Å². The monoisotopic (exact) mass is 334 g/mol. The normalized spacial score (nSPS) is 14.7. The number of alkyl halides is 7. The van der Waals surface area contributed by atoms with E-state index >= 15 is 0 Å². The Morgan fingerprint density at radius 2 is 1.33 bits per heavy atom. The summed E-state index contributed by atoms with van der Waals surface area (Å²) in [5.41, 5.74) is -2.60. The molecule has 0 heterocycles. The lowest BCUT2D eigenvalue weighted by atomic mass is 10.0. The Labute approximate surface area is 108 Å². The van der Waals surface area contributed by atoms with Gasteiger partial charge in [-0.1, -0.05) is 22.9 Å². The molecular weight excluding hydrogens is 326 g/mol. The molecule has 1 unspecified atom stereocenters. The molecule has 0 saturated carbocycles. The Hall–Kier alpha value is -0.720. The first-order chi connectivity index (χ1) is 8.05. The maximum atomic E-state index is 12.5. The van der Waals surface area contributed by atoms with Gasteiger partial charge in [-0.25, -0.2) is 0 Å². The highest BCUT2D eigenvalue weighted by Gasteiger charge is 2.37. The third kappa shape index (κ3) is 3.63. The van der Waals surface area contributed by atoms with Gasteiger partial charge in [0.15, 0.2) is 0 Å². The van der Waals surface area contributed by atoms with Crippen LogP contribution in [0.2, 0.25) is 0 Å². The SMILES string of the molecule is CCC(Br)c1cc(C(F)(F)F)cc(C(F)(F)F)c1. The summed E-state index contributed by atoms with van der Waals surface area (Å²) < 4.78 is 75.1. The fourth-order valence-corrected chi connectivity index (χ4v) is 1.66. The van der Waals surface area contributed by atoms with Crippen molar-refractivity contribution in [2.75, 3.05) is 0 Å². The van der Waals surface area contributed by atoms with Crippen LogP contribution in [0.15, 0.2) is 18.2 Å². The number of halogens is 7. The molecule has 0 fully saturated rings. The van der Waals surface area contributed by atoms with Crippen LogP contribution in [0.5, 0.6) is 0 Å². The van der Waals surface area contributed by atoms with E-state index in [1.54, 1.807) is 6.92 Å². The molecule has 0 N–H and O–H groups in total. The van der Waals surface area contributed by atoms with Gasteiger partial charge in [0, 0.05) is 4.83 Å². The van der Waals surface area contributed by atoms with Crippen molar-refractivity contribution < 1.29 is 26.3 Å². The second-order valence-corrected chi connectivity index (χ2v) is 4.82. The predicted octanol–water partition coefficient (Wildman–Crippen LogP) is 5.57. The van der Waals surface area contributed by atoms with Gasteiger partial charge in [0.25, 0.3) is 0 Å². The van der Waals surface area contributed by atoms with Crippen LogP contribution >= 0.6 is 15.9 Å². The van der Waals surface area contributed by atoms with Crippen LogP contribution in [0.25, 0.3) is 0 Å². The first kappa shape index (κ1) is 15.3. The molecule has 0 amide bonds. The largest absolute Gasteiger partial charge is 0.416 e. The summed E-state index contributed by atoms with van der Waals surface area (Å²) in [6, 6.07) is 1.59. The first-order valence-corrected chi connectivity index (χ1v) is 5.90. The molecule has 7 heteroatoms. The molecule has 0 spiro atoms. The number of benzene rings is 1. The molecule has 0 radical (unpaired) electrons. The molecule has 0 aliphatic carbocycles. The van der Waals surface area contributed by atoms with Gasteiger partial charge in [-0.05, 0) is 30.2 Å². The molecule has 0 nitrogen and oxygen atoms in total. The van der Waals surface area contributed by atoms with Crippen LogP contribution in [-0.2, 0) is 12.4 Å². The molecule has 0 aliphatic rings. The van der Waals surface area contributed by atoms with Gasteiger partial charge >= 0.3 is 12.4 Å². The fourth-order valence-electron chi connectivity index (χ4n) is 1.40. The van der Waals surface area contributed by atoms with E-state index in [-0.39, 0.29) is 11.6 Å². The van der Waals surface area contributed by atoms with E-state index in [4.69, 9.17) is 0 Å². The third-order valence-electron chi connectivity index (χ3n) is 2.33. The van der Waals surface area contributed by atoms with E-state index in [2.05, 4.69) is 15.9 Å². The summed E-state index contributed by atoms with van der Waals surface area (Å²) >= 11 is 3.05. The van der Waals surface area contributed by atoms with E-state index in [0.29, 0.717) is 6.42 Å². The van der Waals surface area contributed by atoms with Crippen molar-refractivity contribution in [2.45, 2.75) is 30.5 Å². The van der Waals surface area contributed by atoms with Crippen LogP contribution in [-0.4, -0.2) is 0 Å². The Morgan fingerprint density at radius 3 is 1.61 bits per heavy atom. The summed E-state index contributed by atoms with van der Waals surface area (Å²) in [5.74, 6) is 0. The summed E-state index contributed by atoms with van der Waals surface area (Å²) in [7, 11) is 0. The predicted molar refractivity (Wildman–Crippen MR) is 58.4 cm³/mol. The molecule has 18 heavy (non-hydrogen) atoms. The molecule has 1 aromatic rings. The highest BCUT2D eigenvalue weighted by molar-refractivity contribution is 9.09. The van der Waals surface area contributed by atoms with Crippen LogP contribution in [0.3, 0.4) is 0 Å². The summed E-state index contributed by atoms with van der Waals surface area (Å²) in [5, 5.41) is 0. The van der Waals surface area contributed by atoms with Gasteiger partial charge in [-0.2, -0.15) is 26.3 Å². The van der Waals surface area contributed by atoms with Gasteiger partial charge < -0.3 is 0 Å². The summed E-state index contributed by atoms with van der Waals surface area (Å²) in [6.07, 6.45) is -9.20. The molecule has 102 valence electrons. The maximum Gasteiger partial charge on any atom is 0.416 e. The van der Waals surface area contributed by atoms with E-state index in [9.17, 15) is 26.3 Å². The summed E-state index contributed by atoms with van der Waals surface area (Å²) in [4.78, 5) is -0.541. The quantitative estimate of drug-likeness (QED) is 0.490. The molecule has 0 aliphatic heterocycles. The molecule has 1 atom stereocenters. The maximum absolute atomic E-state index is 12.5. The highest BCUT2D eigenvalue weighted by atomic mass is 79.9. The molecule has 1 aromatic carbocycles. The lowest BCUT2D eigenvalue weighted by Gasteiger charge is -2.16. The lowest BCUT2D eigenvalue weighted by Crippen LogP contribution is -2.12. The zero-order valence-electron chi connectivity index (χ0n) is 9.16. The van der Waals surface area contributed by atoms with Gasteiger partial charge in [0.05, 0.1) is 11.1 Å². The standard InChI is InChI=1S/C11H9BrF6/c1-2-9(12)6-3-7(10(13,14)15)5-8(4-6)11(16,17)18/h3-5,9H,2H2,1H3. The van der Waals surface area contributed by atoms with Crippen LogP contribution in [0.1, 0.15) is 34.9 Å². The minimum atomic E-state index is -4.80. The number of rotatable bonds is 2. The minimum absolute atomic E-state index is 0.0281. The molecule has 0 saturated heterocycles. The molecule has 1 rings (SSSR count). The Balaban J connectivity index is 3.39. The van der Waals surface area contributed by atoms with Crippen molar-refractivity contribution in [1.82, 2.24) is 0 Å². The lowest BCUT2D eigenvalue weighted by molar-refractivity contribution is -0.143. The van der Waals surface area contributed by atoms with E-state index in [0.717, 1.165) is 12.1 Å². The Morgan fingerprint density at radius 1 is 0.944 bits per heavy atom. The molecule has 0 aromatic heterocycles. The van der Waals surface area contributed by atoms with Gasteiger partial charge in [0.2, 0.25) is 0 Å². The van der Waals surface area contributed by atoms with Gasteiger partial charge in [-0.15, -0.1) is 0 Å². The van der Waals surface area contributed by atoms with Crippen molar-refractivity contribution in [3.8, 4) is 0 Å². The molecular formula is C11H9BrF6. The average Bonchev–Trinajstić information content (AvgIpc) is 2.25. The Kier molecular flexibility index (Phi) is 4.35. The summed E-state index contributed by atoms with van der Waals surface area (Å²) in [6.45, 7) is 1.66. The second-order valence-electron chi connectivity index (χ2n) is 3.71. The first-order valence-electron chi connectivity index (χ1n) is 4.99. The van der Waals surface area contributed by atoms with Crippen molar-refractivity contribution in [2.24, 2.45) is 0 Å². The van der Waals surface area contributed by atoms with Gasteiger partial charge in [-0.3, -0.25) is 0 Å². The van der Waals surface area contributed by atoms with Gasteiger partial charge in [0.1, 0.15) is 0 Å². The van der Waals surface area contributed by atoms with Crippen molar-refractivity contribution >= 4 is 15.9 Å². The highest BCUT2D eigenvalue weighted by Crippen LogP contribution is 2.39. The second kappa shape index (κ2) is 5.11. The van der Waals surface area contributed by atoms with Crippen molar-refractivity contribution in [3.63, 3.8) is 0 Å². The zero-order chi connectivity index (χ0) is 14.1. The van der Waals surface area contributed by atoms with E-state index in [1.165, 1.54) is 0 Å². The van der Waals surface area contributed by atoms with E-state index in [1.807, 2.05) is 0 Å². The Bertz CT molecular complexity index is 388. The fraction of sp³-hybridized carbons (Fsp3) is 0.455. The number of hydrogen-bond acceptors (Lipinski definition) is 0. The molecule has 0 bridgehead atoms. The zero-order valence-corrected chi connectivity index (χ0v) is 10.7. The van der Waals surface area contributed by atoms with Crippen LogP contribution < -0.4 is 0 Å². The smallest absolute Gasteiger partial charge is 0.166 e. The van der Waals surface area contributed by atoms with Crippen molar-refractivity contribution in [3.05, 3.63) is 34.9 Å². The van der Waals surface area contributed by atoms with Crippen LogP contribution in [0.4, 0.5) is 26.3 Å². The third-order valence-corrected chi connectivity index (χ3v) is 3.51. The minimum Gasteiger partial charge on any atom is -0.166 e. The average molecular weight is 335 g/mol.